The molecule has 1 aliphatic rings. The smallest absolute Gasteiger partial charge is 0.0699 e. The summed E-state index contributed by atoms with van der Waals surface area (Å²) in [7, 11) is 0. The zero-order valence-electron chi connectivity index (χ0n) is 31.2. The predicted octanol–water partition coefficient (Wildman–Crippen LogP) is 13.8. The molecule has 7 aromatic rings. The minimum Gasteiger partial charge on any atom is -0.309 e. The minimum absolute atomic E-state index is 0.966. The average Bonchev–Trinajstić information content (AvgIpc) is 3.55. The lowest BCUT2D eigenvalue weighted by molar-refractivity contribution is 0.954. The van der Waals surface area contributed by atoms with Gasteiger partial charge in [0.15, 0.2) is 0 Å². The van der Waals surface area contributed by atoms with Crippen molar-refractivity contribution in [1.82, 2.24) is 4.57 Å². The molecule has 0 saturated heterocycles. The lowest BCUT2D eigenvalue weighted by Crippen LogP contribution is -2.38. The number of rotatable bonds is 6. The first-order chi connectivity index (χ1) is 26.1. The molecule has 0 saturated carbocycles. The summed E-state index contributed by atoms with van der Waals surface area (Å²) in [5.74, 6) is 0. The summed E-state index contributed by atoms with van der Waals surface area (Å²) in [5.41, 5.74) is 11.2. The second-order valence-electron chi connectivity index (χ2n) is 12.4. The van der Waals surface area contributed by atoms with Gasteiger partial charge in [-0.15, -0.1) is 0 Å². The third-order valence-electron chi connectivity index (χ3n) is 9.27. The molecule has 0 N–H and O–H groups in total. The van der Waals surface area contributed by atoms with E-state index in [1.54, 1.807) is 0 Å². The zero-order chi connectivity index (χ0) is 37.3. The maximum Gasteiger partial charge on any atom is 0.0699 e. The third-order valence-corrected chi connectivity index (χ3v) is 9.27. The topological polar surface area (TPSA) is 11.4 Å². The van der Waals surface area contributed by atoms with Gasteiger partial charge in [-0.25, -0.2) is 0 Å². The van der Waals surface area contributed by atoms with Gasteiger partial charge in [-0.1, -0.05) is 142 Å². The quantitative estimate of drug-likeness (QED) is 0.172. The van der Waals surface area contributed by atoms with Crippen molar-refractivity contribution >= 4 is 44.0 Å². The number of fused-ring (bicyclic) bond motifs is 4. The van der Waals surface area contributed by atoms with Crippen molar-refractivity contribution in [3.63, 3.8) is 0 Å². The number of aryl methyl sites for hydroxylation is 1. The van der Waals surface area contributed by atoms with Gasteiger partial charge in [-0.2, -0.15) is 0 Å². The molecular formula is C50H47N3. The van der Waals surface area contributed by atoms with Crippen molar-refractivity contribution in [3.8, 4) is 5.69 Å². The molecule has 3 heteroatoms. The molecule has 262 valence electrons. The molecule has 8 rings (SSSR count). The normalized spacial score (nSPS) is 14.2. The number of aromatic nitrogens is 1. The van der Waals surface area contributed by atoms with E-state index in [0.717, 1.165) is 34.2 Å². The second-order valence-corrected chi connectivity index (χ2v) is 12.4. The van der Waals surface area contributed by atoms with Crippen molar-refractivity contribution in [2.24, 2.45) is 0 Å². The van der Waals surface area contributed by atoms with Crippen LogP contribution in [0.3, 0.4) is 0 Å². The Morgan fingerprint density at radius 3 is 1.70 bits per heavy atom. The number of allylic oxidation sites excluding steroid dienone is 5. The van der Waals surface area contributed by atoms with E-state index in [4.69, 9.17) is 0 Å². The standard InChI is InChI=1S/C29H26N2.C19H15N.C2H6/c1-5-14-29-28(8-4)31(25-20-19-22-15-12-13-16-23(22)21-25)27(7-3)26(6-2)30(29)24-17-10-9-11-18-24;1-14-11-12-19-17(13-14)16-9-5-6-10-18(16)20(19)15-7-3-2-4-8-15;1-2/h5-21H,1-3H2,4H3;2-13H,1H3;1-2H3/b28-8+,29-14+;;. The highest BCUT2D eigenvalue weighted by Crippen LogP contribution is 2.42. The molecule has 2 heterocycles. The summed E-state index contributed by atoms with van der Waals surface area (Å²) in [6, 6.07) is 51.1. The van der Waals surface area contributed by atoms with E-state index < -0.39 is 0 Å². The Kier molecular flexibility index (Phi) is 11.4. The molecule has 1 aliphatic heterocycles. The highest BCUT2D eigenvalue weighted by atomic mass is 15.3. The maximum atomic E-state index is 4.15. The molecule has 0 fully saturated rings. The molecule has 0 atom stereocenters. The van der Waals surface area contributed by atoms with Crippen LogP contribution in [0.5, 0.6) is 0 Å². The number of hydrogen-bond donors (Lipinski definition) is 0. The predicted molar refractivity (Wildman–Crippen MR) is 232 cm³/mol. The molecule has 0 aliphatic carbocycles. The molecule has 53 heavy (non-hydrogen) atoms. The largest absolute Gasteiger partial charge is 0.309 e. The van der Waals surface area contributed by atoms with Gasteiger partial charge in [-0.3, -0.25) is 0 Å². The third kappa shape index (κ3) is 7.02. The van der Waals surface area contributed by atoms with Crippen LogP contribution in [0, 0.1) is 6.92 Å². The summed E-state index contributed by atoms with van der Waals surface area (Å²) in [4.78, 5) is 4.45. The Bertz CT molecular complexity index is 2490. The van der Waals surface area contributed by atoms with Crippen molar-refractivity contribution < 1.29 is 0 Å². The van der Waals surface area contributed by atoms with Crippen LogP contribution in [0.15, 0.2) is 218 Å². The molecule has 0 spiro atoms. The highest BCUT2D eigenvalue weighted by Gasteiger charge is 2.32. The SMILES string of the molecule is C=C/C=C1\C(=C/C)N(c2ccc3ccccc3c2)C(C=C)=C(C=C)N1c1ccccc1.CC.Cc1ccc2c(c1)c1ccccc1n2-c1ccccc1. The summed E-state index contributed by atoms with van der Waals surface area (Å²) in [5, 5.41) is 5.05. The van der Waals surface area contributed by atoms with E-state index in [1.165, 1.54) is 43.8 Å². The van der Waals surface area contributed by atoms with E-state index in [9.17, 15) is 0 Å². The molecule has 6 aromatic carbocycles. The lowest BCUT2D eigenvalue weighted by atomic mass is 10.0. The van der Waals surface area contributed by atoms with Crippen molar-refractivity contribution in [1.29, 1.82) is 0 Å². The van der Waals surface area contributed by atoms with Gasteiger partial charge in [0.2, 0.25) is 0 Å². The molecule has 0 amide bonds. The fourth-order valence-electron chi connectivity index (χ4n) is 7.05. The van der Waals surface area contributed by atoms with E-state index >= 15 is 0 Å². The van der Waals surface area contributed by atoms with Gasteiger partial charge in [0.1, 0.15) is 0 Å². The van der Waals surface area contributed by atoms with Gasteiger partial charge in [-0.05, 0) is 97.4 Å². The Labute approximate surface area is 314 Å². The Morgan fingerprint density at radius 1 is 0.491 bits per heavy atom. The first-order valence-electron chi connectivity index (χ1n) is 18.3. The van der Waals surface area contributed by atoms with Crippen LogP contribution in [0.4, 0.5) is 11.4 Å². The van der Waals surface area contributed by atoms with Crippen molar-refractivity contribution in [2.45, 2.75) is 27.7 Å². The van der Waals surface area contributed by atoms with E-state index in [1.807, 2.05) is 56.4 Å². The van der Waals surface area contributed by atoms with Gasteiger partial charge in [0.25, 0.3) is 0 Å². The highest BCUT2D eigenvalue weighted by molar-refractivity contribution is 6.09. The van der Waals surface area contributed by atoms with Crippen LogP contribution >= 0.6 is 0 Å². The van der Waals surface area contributed by atoms with E-state index in [0.29, 0.717) is 0 Å². The maximum absolute atomic E-state index is 4.15. The monoisotopic (exact) mass is 689 g/mol. The van der Waals surface area contributed by atoms with Crippen LogP contribution in [0.2, 0.25) is 0 Å². The minimum atomic E-state index is 0.966. The van der Waals surface area contributed by atoms with Gasteiger partial charge in [0.05, 0.1) is 33.8 Å². The lowest BCUT2D eigenvalue weighted by Gasteiger charge is -2.42. The van der Waals surface area contributed by atoms with Crippen LogP contribution in [-0.4, -0.2) is 4.57 Å². The summed E-state index contributed by atoms with van der Waals surface area (Å²) in [6.45, 7) is 20.5. The molecular weight excluding hydrogens is 643 g/mol. The Morgan fingerprint density at radius 2 is 1.06 bits per heavy atom. The number of para-hydroxylation sites is 3. The van der Waals surface area contributed by atoms with E-state index in [2.05, 4.69) is 181 Å². The summed E-state index contributed by atoms with van der Waals surface area (Å²) in [6.07, 6.45) is 9.79. The van der Waals surface area contributed by atoms with Crippen molar-refractivity contribution in [3.05, 3.63) is 224 Å². The number of hydrogen-bond acceptors (Lipinski definition) is 2. The average molecular weight is 690 g/mol. The zero-order valence-corrected chi connectivity index (χ0v) is 31.2. The van der Waals surface area contributed by atoms with Gasteiger partial charge < -0.3 is 14.4 Å². The number of anilines is 2. The molecule has 0 radical (unpaired) electrons. The second kappa shape index (κ2) is 16.6. The first kappa shape index (κ1) is 36.2. The fourth-order valence-corrected chi connectivity index (χ4v) is 7.05. The number of nitrogens with zero attached hydrogens (tertiary/aromatic N) is 3. The van der Waals surface area contributed by atoms with E-state index in [-0.39, 0.29) is 0 Å². The molecule has 3 nitrogen and oxygen atoms in total. The molecule has 0 unspecified atom stereocenters. The van der Waals surface area contributed by atoms with Crippen molar-refractivity contribution in [2.75, 3.05) is 9.80 Å². The van der Waals surface area contributed by atoms with Gasteiger partial charge in [0, 0.05) is 27.8 Å². The summed E-state index contributed by atoms with van der Waals surface area (Å²) < 4.78 is 2.34. The first-order valence-corrected chi connectivity index (χ1v) is 18.3. The van der Waals surface area contributed by atoms with Crippen LogP contribution in [0.1, 0.15) is 26.3 Å². The van der Waals surface area contributed by atoms with Gasteiger partial charge >= 0.3 is 0 Å². The summed E-state index contributed by atoms with van der Waals surface area (Å²) >= 11 is 0. The molecule has 1 aromatic heterocycles. The van der Waals surface area contributed by atoms with Crippen LogP contribution in [0.25, 0.3) is 38.3 Å². The number of benzene rings is 6. The fraction of sp³-hybridized carbons (Fsp3) is 0.0800. The molecule has 0 bridgehead atoms. The van der Waals surface area contributed by atoms with Crippen LogP contribution < -0.4 is 9.80 Å². The van der Waals surface area contributed by atoms with Crippen LogP contribution in [-0.2, 0) is 0 Å². The Hall–Kier alpha value is -6.58. The Balaban J connectivity index is 0.000000187.